The van der Waals surface area contributed by atoms with Crippen molar-refractivity contribution in [3.8, 4) is 5.88 Å². The number of aryl methyl sites for hydroxylation is 1. The summed E-state index contributed by atoms with van der Waals surface area (Å²) in [5, 5.41) is 3.31. The van der Waals surface area contributed by atoms with Gasteiger partial charge in [0.2, 0.25) is 5.88 Å². The lowest BCUT2D eigenvalue weighted by Gasteiger charge is -2.09. The van der Waals surface area contributed by atoms with Gasteiger partial charge >= 0.3 is 0 Å². The number of pyridine rings is 1. The van der Waals surface area contributed by atoms with Gasteiger partial charge in [-0.15, -0.1) is 0 Å². The van der Waals surface area contributed by atoms with Crippen molar-refractivity contribution in [2.24, 2.45) is 0 Å². The number of nitrogens with zero attached hydrogens (tertiary/aromatic N) is 1. The Morgan fingerprint density at radius 3 is 3.23 bits per heavy atom. The van der Waals surface area contributed by atoms with E-state index in [4.69, 9.17) is 4.74 Å². The Labute approximate surface area is 79.6 Å². The molecule has 0 atom stereocenters. The van der Waals surface area contributed by atoms with Crippen LogP contribution in [0.2, 0.25) is 0 Å². The number of aromatic nitrogens is 1. The van der Waals surface area contributed by atoms with Crippen molar-refractivity contribution in [3.63, 3.8) is 0 Å². The Morgan fingerprint density at radius 1 is 1.54 bits per heavy atom. The van der Waals surface area contributed by atoms with Crippen LogP contribution in [-0.4, -0.2) is 18.1 Å². The molecule has 1 aliphatic rings. The number of fused-ring (bicyclic) bond motifs is 1. The summed E-state index contributed by atoms with van der Waals surface area (Å²) >= 11 is 0. The third-order valence-electron chi connectivity index (χ3n) is 2.50. The lowest BCUT2D eigenvalue weighted by atomic mass is 10.1. The summed E-state index contributed by atoms with van der Waals surface area (Å²) in [4.78, 5) is 4.28. The molecule has 1 aliphatic heterocycles. The first-order valence-corrected chi connectivity index (χ1v) is 4.57. The molecule has 0 aliphatic carbocycles. The second-order valence-electron chi connectivity index (χ2n) is 3.38. The van der Waals surface area contributed by atoms with Gasteiger partial charge in [-0.3, -0.25) is 0 Å². The second kappa shape index (κ2) is 3.34. The third-order valence-corrected chi connectivity index (χ3v) is 2.50. The van der Waals surface area contributed by atoms with Gasteiger partial charge in [0, 0.05) is 26.3 Å². The van der Waals surface area contributed by atoms with Gasteiger partial charge in [0.25, 0.3) is 0 Å². The van der Waals surface area contributed by atoms with Crippen LogP contribution in [0.3, 0.4) is 0 Å². The first-order chi connectivity index (χ1) is 6.29. The number of ether oxygens (including phenoxy) is 1. The zero-order valence-electron chi connectivity index (χ0n) is 8.05. The number of nitrogens with one attached hydrogen (secondary N) is 1. The Balaban J connectivity index is 0.000000980. The fourth-order valence-electron chi connectivity index (χ4n) is 1.49. The largest absolute Gasteiger partial charge is 0.476 e. The van der Waals surface area contributed by atoms with Gasteiger partial charge in [-0.25, -0.2) is 4.98 Å². The van der Waals surface area contributed by atoms with Gasteiger partial charge in [-0.2, -0.15) is 0 Å². The minimum atomic E-state index is 0. The Bertz CT molecular complexity index is 328. The molecular formula is C10H16N2O. The lowest BCUT2D eigenvalue weighted by Crippen LogP contribution is -2.16. The minimum Gasteiger partial charge on any atom is -0.476 e. The average Bonchev–Trinajstić information content (AvgIpc) is 2.36. The smallest absolute Gasteiger partial charge is 0.218 e. The summed E-state index contributed by atoms with van der Waals surface area (Å²) < 4.78 is 5.51. The molecule has 2 rings (SSSR count). The molecule has 2 heterocycles. The standard InChI is InChI=1S/C10H14N2O.H2/c1-7-5-12-10-9(8(7)2)6-11-3-4-13-10;/h5,11H,3-4,6H2,1-2H3;1H. The summed E-state index contributed by atoms with van der Waals surface area (Å²) in [7, 11) is 0. The summed E-state index contributed by atoms with van der Waals surface area (Å²) in [6.45, 7) is 6.67. The maximum absolute atomic E-state index is 5.51. The lowest BCUT2D eigenvalue weighted by molar-refractivity contribution is 0.313. The van der Waals surface area contributed by atoms with Crippen LogP contribution in [0.15, 0.2) is 6.20 Å². The number of rotatable bonds is 0. The Kier molecular flexibility index (Phi) is 2.19. The SMILES string of the molecule is Cc1cnc2c(c1C)CNCCO2.[HH]. The summed E-state index contributed by atoms with van der Waals surface area (Å²) in [6, 6.07) is 0. The zero-order chi connectivity index (χ0) is 9.26. The molecule has 0 unspecified atom stereocenters. The maximum Gasteiger partial charge on any atom is 0.218 e. The van der Waals surface area contributed by atoms with Crippen molar-refractivity contribution in [3.05, 3.63) is 22.9 Å². The predicted octanol–water partition coefficient (Wildman–Crippen LogP) is 1.43. The van der Waals surface area contributed by atoms with Crippen LogP contribution in [0.4, 0.5) is 0 Å². The third kappa shape index (κ3) is 1.52. The van der Waals surface area contributed by atoms with Crippen LogP contribution in [0.1, 0.15) is 18.1 Å². The van der Waals surface area contributed by atoms with E-state index in [1.165, 1.54) is 16.7 Å². The van der Waals surface area contributed by atoms with E-state index in [9.17, 15) is 0 Å². The van der Waals surface area contributed by atoms with E-state index in [0.717, 1.165) is 19.0 Å². The number of hydrogen-bond acceptors (Lipinski definition) is 3. The van der Waals surface area contributed by atoms with Crippen molar-refractivity contribution in [2.45, 2.75) is 20.4 Å². The van der Waals surface area contributed by atoms with E-state index in [2.05, 4.69) is 24.1 Å². The fraction of sp³-hybridized carbons (Fsp3) is 0.500. The monoisotopic (exact) mass is 180 g/mol. The van der Waals surface area contributed by atoms with Crippen LogP contribution in [-0.2, 0) is 6.54 Å². The molecule has 72 valence electrons. The van der Waals surface area contributed by atoms with E-state index < -0.39 is 0 Å². The van der Waals surface area contributed by atoms with Crippen molar-refractivity contribution < 1.29 is 6.16 Å². The average molecular weight is 180 g/mol. The molecule has 13 heavy (non-hydrogen) atoms. The van der Waals surface area contributed by atoms with Gasteiger partial charge in [-0.05, 0) is 25.0 Å². The molecule has 0 saturated heterocycles. The quantitative estimate of drug-likeness (QED) is 0.655. The Morgan fingerprint density at radius 2 is 2.38 bits per heavy atom. The topological polar surface area (TPSA) is 34.2 Å². The second-order valence-corrected chi connectivity index (χ2v) is 3.38. The van der Waals surface area contributed by atoms with Gasteiger partial charge in [-0.1, -0.05) is 0 Å². The Hall–Kier alpha value is -1.09. The van der Waals surface area contributed by atoms with Gasteiger partial charge in [0.05, 0.1) is 0 Å². The van der Waals surface area contributed by atoms with E-state index in [1.807, 2.05) is 6.20 Å². The van der Waals surface area contributed by atoms with E-state index in [0.29, 0.717) is 6.61 Å². The summed E-state index contributed by atoms with van der Waals surface area (Å²) in [5.74, 6) is 0.799. The van der Waals surface area contributed by atoms with Crippen LogP contribution >= 0.6 is 0 Å². The van der Waals surface area contributed by atoms with Gasteiger partial charge in [0.15, 0.2) is 0 Å². The predicted molar refractivity (Wildman–Crippen MR) is 53.0 cm³/mol. The molecular weight excluding hydrogens is 164 g/mol. The minimum absolute atomic E-state index is 0. The highest BCUT2D eigenvalue weighted by atomic mass is 16.5. The molecule has 0 amide bonds. The van der Waals surface area contributed by atoms with Crippen LogP contribution < -0.4 is 10.1 Å². The van der Waals surface area contributed by atoms with Crippen LogP contribution in [0.5, 0.6) is 5.88 Å². The maximum atomic E-state index is 5.51. The highest BCUT2D eigenvalue weighted by Crippen LogP contribution is 2.22. The molecule has 0 saturated carbocycles. The number of hydrogen-bond donors (Lipinski definition) is 1. The van der Waals surface area contributed by atoms with Crippen LogP contribution in [0.25, 0.3) is 0 Å². The molecule has 0 radical (unpaired) electrons. The fourth-order valence-corrected chi connectivity index (χ4v) is 1.49. The van der Waals surface area contributed by atoms with Gasteiger partial charge in [0.1, 0.15) is 6.61 Å². The molecule has 0 aromatic carbocycles. The molecule has 3 heteroatoms. The first kappa shape index (κ1) is 8.51. The molecule has 1 aromatic heterocycles. The summed E-state index contributed by atoms with van der Waals surface area (Å²) in [5.41, 5.74) is 3.72. The molecule has 0 bridgehead atoms. The highest BCUT2D eigenvalue weighted by molar-refractivity contribution is 5.38. The molecule has 1 aromatic rings. The molecule has 1 N–H and O–H groups in total. The molecule has 0 fully saturated rings. The van der Waals surface area contributed by atoms with Crippen molar-refractivity contribution in [1.82, 2.24) is 10.3 Å². The molecule has 0 spiro atoms. The zero-order valence-corrected chi connectivity index (χ0v) is 8.05. The van der Waals surface area contributed by atoms with Crippen LogP contribution in [0, 0.1) is 13.8 Å². The van der Waals surface area contributed by atoms with E-state index >= 15 is 0 Å². The highest BCUT2D eigenvalue weighted by Gasteiger charge is 2.12. The van der Waals surface area contributed by atoms with E-state index in [-0.39, 0.29) is 1.43 Å². The van der Waals surface area contributed by atoms with Gasteiger partial charge < -0.3 is 10.1 Å². The summed E-state index contributed by atoms with van der Waals surface area (Å²) in [6.07, 6.45) is 1.87. The van der Waals surface area contributed by atoms with E-state index in [1.54, 1.807) is 0 Å². The van der Waals surface area contributed by atoms with Crippen molar-refractivity contribution in [1.29, 1.82) is 0 Å². The van der Waals surface area contributed by atoms with Crippen molar-refractivity contribution in [2.75, 3.05) is 13.2 Å². The normalized spacial score (nSPS) is 15.8. The van der Waals surface area contributed by atoms with Crippen molar-refractivity contribution >= 4 is 0 Å². The first-order valence-electron chi connectivity index (χ1n) is 4.57. The molecule has 3 nitrogen and oxygen atoms in total.